The second-order valence-electron chi connectivity index (χ2n) is 8.94. The molecule has 12 heteroatoms. The molecule has 5 rings (SSSR count). The second kappa shape index (κ2) is 11.6. The first kappa shape index (κ1) is 27.6. The van der Waals surface area contributed by atoms with Crippen LogP contribution in [0.5, 0.6) is 5.75 Å². The third-order valence-electron chi connectivity index (χ3n) is 6.45. The summed E-state index contributed by atoms with van der Waals surface area (Å²) < 4.78 is 34.6. The summed E-state index contributed by atoms with van der Waals surface area (Å²) in [6.07, 6.45) is 0. The third kappa shape index (κ3) is 5.51. The van der Waals surface area contributed by atoms with Crippen molar-refractivity contribution >= 4 is 35.0 Å². The molecule has 8 nitrogen and oxygen atoms in total. The first-order valence-corrected chi connectivity index (χ1v) is 13.0. The fraction of sp³-hybridized carbons (Fsp3) is 0.179. The number of benzene rings is 3. The molecule has 40 heavy (non-hydrogen) atoms. The Hall–Kier alpha value is -3.99. The Morgan fingerprint density at radius 3 is 2.30 bits per heavy atom. The van der Waals surface area contributed by atoms with E-state index in [4.69, 9.17) is 27.9 Å². The number of methoxy groups -OCH3 is 1. The van der Waals surface area contributed by atoms with Crippen molar-refractivity contribution < 1.29 is 23.1 Å². The highest BCUT2D eigenvalue weighted by molar-refractivity contribution is 6.32. The van der Waals surface area contributed by atoms with E-state index >= 15 is 0 Å². The van der Waals surface area contributed by atoms with E-state index in [9.17, 15) is 18.4 Å². The Morgan fingerprint density at radius 1 is 0.950 bits per heavy atom. The van der Waals surface area contributed by atoms with E-state index < -0.39 is 23.4 Å². The first-order chi connectivity index (χ1) is 19.3. The molecular formula is C28H23Cl2F2N5O3. The lowest BCUT2D eigenvalue weighted by Gasteiger charge is -2.34. The van der Waals surface area contributed by atoms with E-state index in [1.807, 2.05) is 0 Å². The number of hydrogen-bond donors (Lipinski definition) is 1. The van der Waals surface area contributed by atoms with Crippen molar-refractivity contribution in [1.82, 2.24) is 25.1 Å². The summed E-state index contributed by atoms with van der Waals surface area (Å²) in [4.78, 5) is 27.6. The van der Waals surface area contributed by atoms with Crippen LogP contribution in [0.4, 0.5) is 8.78 Å². The Kier molecular flexibility index (Phi) is 8.02. The molecule has 1 saturated heterocycles. The Labute approximate surface area is 238 Å². The van der Waals surface area contributed by atoms with Crippen LogP contribution in [-0.2, 0) is 0 Å². The van der Waals surface area contributed by atoms with Gasteiger partial charge in [0.25, 0.3) is 11.8 Å². The lowest BCUT2D eigenvalue weighted by atomic mass is 10.1. The molecule has 0 spiro atoms. The van der Waals surface area contributed by atoms with Crippen LogP contribution in [0.1, 0.15) is 20.8 Å². The zero-order valence-corrected chi connectivity index (χ0v) is 22.7. The summed E-state index contributed by atoms with van der Waals surface area (Å²) in [5, 5.41) is 7.19. The van der Waals surface area contributed by atoms with Crippen molar-refractivity contribution in [2.24, 2.45) is 0 Å². The normalized spacial score (nSPS) is 13.8. The Balaban J connectivity index is 1.38. The number of ether oxygens (including phenoxy) is 1. The molecule has 3 aromatic carbocycles. The van der Waals surface area contributed by atoms with Crippen LogP contribution in [0, 0.1) is 11.6 Å². The minimum atomic E-state index is -0.918. The molecule has 0 bridgehead atoms. The summed E-state index contributed by atoms with van der Waals surface area (Å²) in [5.74, 6) is -2.51. The van der Waals surface area contributed by atoms with Crippen molar-refractivity contribution in [2.75, 3.05) is 33.3 Å². The fourth-order valence-electron chi connectivity index (χ4n) is 4.46. The number of nitrogens with one attached hydrogen (secondary N) is 1. The number of hydrazine groups is 1. The van der Waals surface area contributed by atoms with Crippen LogP contribution < -0.4 is 10.2 Å². The number of carbonyl (C=O) groups excluding carboxylic acids is 2. The van der Waals surface area contributed by atoms with Gasteiger partial charge in [0.1, 0.15) is 17.3 Å². The van der Waals surface area contributed by atoms with Gasteiger partial charge in [0.15, 0.2) is 11.4 Å². The number of rotatable bonds is 6. The van der Waals surface area contributed by atoms with Crippen molar-refractivity contribution in [3.63, 3.8) is 0 Å². The van der Waals surface area contributed by atoms with Crippen LogP contribution in [0.25, 0.3) is 16.9 Å². The zero-order valence-electron chi connectivity index (χ0n) is 21.2. The molecule has 4 aromatic rings. The number of amides is 2. The highest BCUT2D eigenvalue weighted by Crippen LogP contribution is 2.37. The minimum absolute atomic E-state index is 0.0271. The summed E-state index contributed by atoms with van der Waals surface area (Å²) in [6.45, 7) is 0.990. The molecular weight excluding hydrogens is 563 g/mol. The number of halogens is 4. The first-order valence-electron chi connectivity index (χ1n) is 12.2. The third-order valence-corrected chi connectivity index (χ3v) is 7.02. The molecule has 0 atom stereocenters. The SMILES string of the molecule is COc1c(C(=O)NN2CCN(C(=O)c3ccc(F)cc3F)CC2)nn(-c2ccccc2Cl)c1-c1ccc(Cl)cc1. The number of piperazine rings is 1. The van der Waals surface area contributed by atoms with Gasteiger partial charge in [0.05, 0.1) is 23.4 Å². The molecule has 1 fully saturated rings. The average molecular weight is 586 g/mol. The van der Waals surface area contributed by atoms with Gasteiger partial charge < -0.3 is 9.64 Å². The average Bonchev–Trinajstić information content (AvgIpc) is 3.33. The van der Waals surface area contributed by atoms with Gasteiger partial charge in [-0.3, -0.25) is 15.0 Å². The Bertz CT molecular complexity index is 1570. The summed E-state index contributed by atoms with van der Waals surface area (Å²) in [6, 6.07) is 16.9. The van der Waals surface area contributed by atoms with Gasteiger partial charge in [0.2, 0.25) is 0 Å². The quantitative estimate of drug-likeness (QED) is 0.335. The minimum Gasteiger partial charge on any atom is -0.492 e. The molecule has 1 aliphatic rings. The van der Waals surface area contributed by atoms with Crippen LogP contribution >= 0.6 is 23.2 Å². The maximum absolute atomic E-state index is 14.1. The lowest BCUT2D eigenvalue weighted by molar-refractivity contribution is 0.0499. The zero-order chi connectivity index (χ0) is 28.4. The van der Waals surface area contributed by atoms with Crippen molar-refractivity contribution in [2.45, 2.75) is 0 Å². The van der Waals surface area contributed by atoms with Gasteiger partial charge in [0, 0.05) is 42.8 Å². The number of hydrogen-bond acceptors (Lipinski definition) is 5. The molecule has 0 radical (unpaired) electrons. The van der Waals surface area contributed by atoms with Gasteiger partial charge >= 0.3 is 0 Å². The van der Waals surface area contributed by atoms with Crippen LogP contribution in [-0.4, -0.2) is 64.8 Å². The van der Waals surface area contributed by atoms with Gasteiger partial charge in [-0.25, -0.2) is 18.5 Å². The van der Waals surface area contributed by atoms with Crippen LogP contribution in [0.3, 0.4) is 0 Å². The molecule has 1 N–H and O–H groups in total. The topological polar surface area (TPSA) is 79.7 Å². The van der Waals surface area contributed by atoms with Gasteiger partial charge in [-0.1, -0.05) is 47.5 Å². The van der Waals surface area contributed by atoms with Crippen LogP contribution in [0.2, 0.25) is 10.0 Å². The van der Waals surface area contributed by atoms with Gasteiger partial charge in [-0.2, -0.15) is 5.10 Å². The molecule has 206 valence electrons. The van der Waals surface area contributed by atoms with E-state index in [0.29, 0.717) is 33.1 Å². The van der Waals surface area contributed by atoms with Crippen molar-refractivity contribution in [1.29, 1.82) is 0 Å². The highest BCUT2D eigenvalue weighted by atomic mass is 35.5. The molecule has 2 amide bonds. The van der Waals surface area contributed by atoms with Gasteiger partial charge in [-0.15, -0.1) is 0 Å². The molecule has 0 saturated carbocycles. The maximum Gasteiger partial charge on any atom is 0.289 e. The number of nitrogens with zero attached hydrogens (tertiary/aromatic N) is 4. The predicted octanol–water partition coefficient (Wildman–Crippen LogP) is 5.24. The molecule has 1 aromatic heterocycles. The number of para-hydroxylation sites is 1. The summed E-state index contributed by atoms with van der Waals surface area (Å²) in [5.41, 5.74) is 4.40. The van der Waals surface area contributed by atoms with E-state index in [1.165, 1.54) is 12.0 Å². The molecule has 0 aliphatic carbocycles. The standard InChI is InChI=1S/C28H23Cl2F2N5O3/c1-40-26-24(33-37(23-5-3-2-4-21(23)30)25(26)17-6-8-18(29)9-7-17)27(38)34-36-14-12-35(13-15-36)28(39)20-11-10-19(31)16-22(20)32/h2-11,16H,12-15H2,1H3,(H,34,38). The fourth-order valence-corrected chi connectivity index (χ4v) is 4.80. The van der Waals surface area contributed by atoms with Gasteiger partial charge in [-0.05, 0) is 36.4 Å². The van der Waals surface area contributed by atoms with E-state index in [0.717, 1.165) is 12.1 Å². The molecule has 0 unspecified atom stereocenters. The number of carbonyl (C=O) groups is 2. The van der Waals surface area contributed by atoms with Crippen molar-refractivity contribution in [3.05, 3.63) is 99.7 Å². The lowest BCUT2D eigenvalue weighted by Crippen LogP contribution is -2.55. The van der Waals surface area contributed by atoms with Crippen LogP contribution in [0.15, 0.2) is 66.7 Å². The van der Waals surface area contributed by atoms with E-state index in [1.54, 1.807) is 58.2 Å². The smallest absolute Gasteiger partial charge is 0.289 e. The second-order valence-corrected chi connectivity index (χ2v) is 9.79. The predicted molar refractivity (Wildman–Crippen MR) is 147 cm³/mol. The van der Waals surface area contributed by atoms with Crippen molar-refractivity contribution in [3.8, 4) is 22.7 Å². The summed E-state index contributed by atoms with van der Waals surface area (Å²) in [7, 11) is 1.45. The summed E-state index contributed by atoms with van der Waals surface area (Å²) >= 11 is 12.6. The molecule has 2 heterocycles. The van der Waals surface area contributed by atoms with E-state index in [2.05, 4.69) is 10.5 Å². The number of aromatic nitrogens is 2. The monoisotopic (exact) mass is 585 g/mol. The largest absolute Gasteiger partial charge is 0.492 e. The van der Waals surface area contributed by atoms with E-state index in [-0.39, 0.29) is 43.2 Å². The molecule has 1 aliphatic heterocycles. The maximum atomic E-state index is 14.1. The highest BCUT2D eigenvalue weighted by Gasteiger charge is 2.30. The Morgan fingerprint density at radius 2 is 1.65 bits per heavy atom.